The SMILES string of the molecule is Cc1ncc(S(=O)(=O)Nc2c(C)cccc2Cl)[nH]1. The number of hydrogen-bond donors (Lipinski definition) is 2. The fraction of sp³-hybridized carbons (Fsp3) is 0.182. The molecule has 0 bridgehead atoms. The van der Waals surface area contributed by atoms with Crippen molar-refractivity contribution in [2.24, 2.45) is 0 Å². The molecule has 0 radical (unpaired) electrons. The fourth-order valence-electron chi connectivity index (χ4n) is 1.49. The zero-order valence-corrected chi connectivity index (χ0v) is 11.4. The molecule has 1 aromatic heterocycles. The van der Waals surface area contributed by atoms with E-state index in [-0.39, 0.29) is 5.03 Å². The van der Waals surface area contributed by atoms with E-state index in [9.17, 15) is 8.42 Å². The Labute approximate surface area is 110 Å². The van der Waals surface area contributed by atoms with Crippen molar-refractivity contribution >= 4 is 27.3 Å². The largest absolute Gasteiger partial charge is 0.332 e. The van der Waals surface area contributed by atoms with Gasteiger partial charge in [0.2, 0.25) is 0 Å². The summed E-state index contributed by atoms with van der Waals surface area (Å²) in [5, 5.41) is 0.370. The summed E-state index contributed by atoms with van der Waals surface area (Å²) >= 11 is 5.98. The van der Waals surface area contributed by atoms with Crippen molar-refractivity contribution in [3.8, 4) is 0 Å². The maximum absolute atomic E-state index is 12.1. The third-order valence-corrected chi connectivity index (χ3v) is 4.00. The van der Waals surface area contributed by atoms with Crippen molar-refractivity contribution in [3.63, 3.8) is 0 Å². The van der Waals surface area contributed by atoms with Crippen LogP contribution < -0.4 is 4.72 Å². The van der Waals surface area contributed by atoms with Crippen LogP contribution in [0.5, 0.6) is 0 Å². The number of nitrogens with one attached hydrogen (secondary N) is 2. The molecule has 0 aliphatic carbocycles. The Morgan fingerprint density at radius 2 is 2.06 bits per heavy atom. The van der Waals surface area contributed by atoms with Gasteiger partial charge in [0.15, 0.2) is 5.03 Å². The number of para-hydroxylation sites is 1. The van der Waals surface area contributed by atoms with E-state index in [0.717, 1.165) is 5.56 Å². The number of nitrogens with zero attached hydrogens (tertiary/aromatic N) is 1. The minimum absolute atomic E-state index is 0.0133. The molecule has 2 aromatic rings. The lowest BCUT2D eigenvalue weighted by atomic mass is 10.2. The van der Waals surface area contributed by atoms with Crippen LogP contribution in [0.1, 0.15) is 11.4 Å². The first kappa shape index (κ1) is 12.9. The van der Waals surface area contributed by atoms with E-state index in [1.807, 2.05) is 0 Å². The highest BCUT2D eigenvalue weighted by Gasteiger charge is 2.18. The Balaban J connectivity index is 2.40. The van der Waals surface area contributed by atoms with Gasteiger partial charge in [0.05, 0.1) is 16.9 Å². The second-order valence-corrected chi connectivity index (χ2v) is 5.93. The number of aromatic nitrogens is 2. The lowest BCUT2D eigenvalue weighted by molar-refractivity contribution is 0.598. The molecule has 96 valence electrons. The van der Waals surface area contributed by atoms with Gasteiger partial charge in [-0.15, -0.1) is 0 Å². The lowest BCUT2D eigenvalue weighted by Gasteiger charge is -2.10. The van der Waals surface area contributed by atoms with Crippen LogP contribution >= 0.6 is 11.6 Å². The number of aryl methyl sites for hydroxylation is 2. The number of benzene rings is 1. The van der Waals surface area contributed by atoms with Crippen LogP contribution in [0.2, 0.25) is 5.02 Å². The Morgan fingerprint density at radius 3 is 2.61 bits per heavy atom. The van der Waals surface area contributed by atoms with Gasteiger partial charge in [-0.1, -0.05) is 23.7 Å². The summed E-state index contributed by atoms with van der Waals surface area (Å²) < 4.78 is 26.6. The number of sulfonamides is 1. The Kier molecular flexibility index (Phi) is 3.32. The van der Waals surface area contributed by atoms with Gasteiger partial charge >= 0.3 is 0 Å². The second kappa shape index (κ2) is 4.62. The van der Waals surface area contributed by atoms with Gasteiger partial charge in [0.25, 0.3) is 10.0 Å². The molecule has 1 aromatic carbocycles. The number of rotatable bonds is 3. The van der Waals surface area contributed by atoms with E-state index in [1.54, 1.807) is 32.0 Å². The lowest BCUT2D eigenvalue weighted by Crippen LogP contribution is -2.14. The zero-order valence-electron chi connectivity index (χ0n) is 9.86. The van der Waals surface area contributed by atoms with Crippen LogP contribution in [0.4, 0.5) is 5.69 Å². The van der Waals surface area contributed by atoms with Gasteiger partial charge in [-0.2, -0.15) is 8.42 Å². The minimum Gasteiger partial charge on any atom is -0.332 e. The minimum atomic E-state index is -3.69. The molecule has 7 heteroatoms. The van der Waals surface area contributed by atoms with E-state index in [1.165, 1.54) is 6.20 Å². The molecule has 0 amide bonds. The standard InChI is InChI=1S/C11H12ClN3O2S/c1-7-4-3-5-9(12)11(7)15-18(16,17)10-6-13-8(2)14-10/h3-6,15H,1-2H3,(H,13,14). The van der Waals surface area contributed by atoms with Crippen LogP contribution in [-0.2, 0) is 10.0 Å². The number of anilines is 1. The number of aromatic amines is 1. The number of imidazole rings is 1. The molecule has 0 fully saturated rings. The molecule has 0 saturated heterocycles. The molecule has 0 spiro atoms. The molecular formula is C11H12ClN3O2S. The van der Waals surface area contributed by atoms with E-state index in [2.05, 4.69) is 14.7 Å². The van der Waals surface area contributed by atoms with Gasteiger partial charge in [-0.05, 0) is 25.5 Å². The smallest absolute Gasteiger partial charge is 0.279 e. The summed E-state index contributed by atoms with van der Waals surface area (Å²) in [6.45, 7) is 3.46. The zero-order chi connectivity index (χ0) is 13.3. The molecular weight excluding hydrogens is 274 g/mol. The Morgan fingerprint density at radius 1 is 1.33 bits per heavy atom. The molecule has 5 nitrogen and oxygen atoms in total. The highest BCUT2D eigenvalue weighted by atomic mass is 35.5. The summed E-state index contributed by atoms with van der Waals surface area (Å²) in [5.41, 5.74) is 1.13. The first-order valence-corrected chi connectivity index (χ1v) is 7.06. The molecule has 1 heterocycles. The van der Waals surface area contributed by atoms with Gasteiger partial charge in [-0.3, -0.25) is 4.72 Å². The average molecular weight is 286 g/mol. The van der Waals surface area contributed by atoms with Crippen LogP contribution in [0.25, 0.3) is 0 Å². The number of hydrogen-bond acceptors (Lipinski definition) is 3. The van der Waals surface area contributed by atoms with Crippen molar-refractivity contribution in [1.82, 2.24) is 9.97 Å². The molecule has 0 aliphatic rings. The number of H-pyrrole nitrogens is 1. The van der Waals surface area contributed by atoms with E-state index in [0.29, 0.717) is 16.5 Å². The second-order valence-electron chi connectivity index (χ2n) is 3.87. The van der Waals surface area contributed by atoms with Gasteiger partial charge in [0.1, 0.15) is 5.82 Å². The molecule has 0 atom stereocenters. The van der Waals surface area contributed by atoms with Crippen LogP contribution in [-0.4, -0.2) is 18.4 Å². The van der Waals surface area contributed by atoms with Crippen LogP contribution in [0.15, 0.2) is 29.4 Å². The number of halogens is 1. The highest BCUT2D eigenvalue weighted by molar-refractivity contribution is 7.92. The van der Waals surface area contributed by atoms with Crippen LogP contribution in [0.3, 0.4) is 0 Å². The molecule has 2 N–H and O–H groups in total. The summed E-state index contributed by atoms with van der Waals surface area (Å²) in [6, 6.07) is 5.17. The third-order valence-electron chi connectivity index (χ3n) is 2.43. The van der Waals surface area contributed by atoms with Gasteiger partial charge in [-0.25, -0.2) is 4.98 Å². The predicted molar refractivity (Wildman–Crippen MR) is 70.3 cm³/mol. The van der Waals surface area contributed by atoms with Crippen LogP contribution in [0, 0.1) is 13.8 Å². The van der Waals surface area contributed by atoms with Crippen molar-refractivity contribution in [2.75, 3.05) is 4.72 Å². The first-order chi connectivity index (χ1) is 8.40. The van der Waals surface area contributed by atoms with E-state index in [4.69, 9.17) is 11.6 Å². The summed E-state index contributed by atoms with van der Waals surface area (Å²) in [7, 11) is -3.69. The Bertz CT molecular complexity index is 659. The van der Waals surface area contributed by atoms with E-state index >= 15 is 0 Å². The van der Waals surface area contributed by atoms with Crippen molar-refractivity contribution < 1.29 is 8.42 Å². The fourth-order valence-corrected chi connectivity index (χ4v) is 2.93. The quantitative estimate of drug-likeness (QED) is 0.910. The maximum atomic E-state index is 12.1. The summed E-state index contributed by atoms with van der Waals surface area (Å²) in [6.07, 6.45) is 1.27. The van der Waals surface area contributed by atoms with Crippen molar-refractivity contribution in [3.05, 3.63) is 40.8 Å². The molecule has 18 heavy (non-hydrogen) atoms. The average Bonchev–Trinajstić information content (AvgIpc) is 2.71. The van der Waals surface area contributed by atoms with Crippen molar-refractivity contribution in [2.45, 2.75) is 18.9 Å². The van der Waals surface area contributed by atoms with E-state index < -0.39 is 10.0 Å². The molecule has 0 unspecified atom stereocenters. The summed E-state index contributed by atoms with van der Waals surface area (Å²) in [5.74, 6) is 0.534. The van der Waals surface area contributed by atoms with Crippen molar-refractivity contribution in [1.29, 1.82) is 0 Å². The topological polar surface area (TPSA) is 74.8 Å². The molecule has 0 saturated carbocycles. The maximum Gasteiger partial charge on any atom is 0.279 e. The first-order valence-electron chi connectivity index (χ1n) is 5.20. The third kappa shape index (κ3) is 2.49. The summed E-state index contributed by atoms with van der Waals surface area (Å²) in [4.78, 5) is 6.53. The van der Waals surface area contributed by atoms with Gasteiger partial charge in [0, 0.05) is 0 Å². The predicted octanol–water partition coefficient (Wildman–Crippen LogP) is 2.48. The molecule has 0 aliphatic heterocycles. The Hall–Kier alpha value is -1.53. The molecule has 2 rings (SSSR count). The van der Waals surface area contributed by atoms with Gasteiger partial charge < -0.3 is 4.98 Å². The highest BCUT2D eigenvalue weighted by Crippen LogP contribution is 2.27. The monoisotopic (exact) mass is 285 g/mol. The normalized spacial score (nSPS) is 11.5.